The van der Waals surface area contributed by atoms with Crippen molar-refractivity contribution in [2.45, 2.75) is 26.9 Å². The van der Waals surface area contributed by atoms with Crippen LogP contribution in [0.25, 0.3) is 0 Å². The molecule has 5 nitrogen and oxygen atoms in total. The highest BCUT2D eigenvalue weighted by atomic mass is 16.5. The smallest absolute Gasteiger partial charge is 0.161 e. The molecule has 0 spiro atoms. The first-order valence-electron chi connectivity index (χ1n) is 7.40. The maximum atomic E-state index is 5.83. The van der Waals surface area contributed by atoms with Crippen molar-refractivity contribution in [2.75, 3.05) is 19.8 Å². The van der Waals surface area contributed by atoms with Gasteiger partial charge in [-0.05, 0) is 25.6 Å². The Morgan fingerprint density at radius 3 is 2.62 bits per heavy atom. The molecule has 1 N–H and O–H groups in total. The topological polar surface area (TPSA) is 48.3 Å². The van der Waals surface area contributed by atoms with Gasteiger partial charge in [-0.25, -0.2) is 4.98 Å². The molecule has 114 valence electrons. The van der Waals surface area contributed by atoms with Gasteiger partial charge in [0.05, 0.1) is 19.7 Å². The zero-order chi connectivity index (χ0) is 14.9. The summed E-state index contributed by atoms with van der Waals surface area (Å²) in [5.41, 5.74) is 0. The second-order valence-corrected chi connectivity index (χ2v) is 4.55. The van der Waals surface area contributed by atoms with E-state index in [1.807, 2.05) is 43.6 Å². The van der Waals surface area contributed by atoms with Crippen LogP contribution in [0, 0.1) is 0 Å². The van der Waals surface area contributed by atoms with E-state index in [2.05, 4.69) is 21.8 Å². The number of hydrogen-bond donors (Lipinski definition) is 1. The molecule has 0 aliphatic rings. The van der Waals surface area contributed by atoms with E-state index in [1.54, 1.807) is 0 Å². The highest BCUT2D eigenvalue weighted by molar-refractivity contribution is 5.39. The van der Waals surface area contributed by atoms with Gasteiger partial charge in [0.1, 0.15) is 12.4 Å². The maximum absolute atomic E-state index is 5.83. The van der Waals surface area contributed by atoms with E-state index >= 15 is 0 Å². The van der Waals surface area contributed by atoms with Crippen LogP contribution in [0.3, 0.4) is 0 Å². The van der Waals surface area contributed by atoms with Crippen LogP contribution >= 0.6 is 0 Å². The maximum Gasteiger partial charge on any atom is 0.161 e. The molecule has 2 aromatic rings. The fraction of sp³-hybridized carbons (Fsp3) is 0.438. The van der Waals surface area contributed by atoms with Gasteiger partial charge in [0.25, 0.3) is 0 Å². The monoisotopic (exact) mass is 289 g/mol. The summed E-state index contributed by atoms with van der Waals surface area (Å²) in [7, 11) is 0. The van der Waals surface area contributed by atoms with Crippen LogP contribution in [0.2, 0.25) is 0 Å². The zero-order valence-electron chi connectivity index (χ0n) is 12.7. The Morgan fingerprint density at radius 2 is 1.90 bits per heavy atom. The Hall–Kier alpha value is -2.01. The zero-order valence-corrected chi connectivity index (χ0v) is 12.7. The molecule has 1 aromatic heterocycles. The van der Waals surface area contributed by atoms with Gasteiger partial charge >= 0.3 is 0 Å². The second kappa shape index (κ2) is 8.32. The molecule has 5 heteroatoms. The van der Waals surface area contributed by atoms with Crippen LogP contribution in [-0.2, 0) is 13.1 Å². The number of hydrogen-bond acceptors (Lipinski definition) is 4. The van der Waals surface area contributed by atoms with Gasteiger partial charge in [0, 0.05) is 12.4 Å². The van der Waals surface area contributed by atoms with Gasteiger partial charge in [-0.2, -0.15) is 0 Å². The third kappa shape index (κ3) is 4.49. The molecular weight excluding hydrogens is 266 g/mol. The Bertz CT molecular complexity index is 540. The van der Waals surface area contributed by atoms with Crippen molar-refractivity contribution in [3.8, 4) is 11.5 Å². The molecule has 0 saturated heterocycles. The van der Waals surface area contributed by atoms with Crippen LogP contribution in [0.1, 0.15) is 19.7 Å². The minimum absolute atomic E-state index is 0.583. The Labute approximate surface area is 125 Å². The average molecular weight is 289 g/mol. The van der Waals surface area contributed by atoms with Crippen molar-refractivity contribution in [2.24, 2.45) is 0 Å². The van der Waals surface area contributed by atoms with Crippen molar-refractivity contribution in [3.05, 3.63) is 42.5 Å². The van der Waals surface area contributed by atoms with Crippen molar-refractivity contribution in [1.29, 1.82) is 0 Å². The minimum atomic E-state index is 0.583. The number of benzene rings is 1. The Morgan fingerprint density at radius 1 is 1.14 bits per heavy atom. The number of aromatic nitrogens is 2. The molecule has 0 fully saturated rings. The quantitative estimate of drug-likeness (QED) is 0.770. The average Bonchev–Trinajstić information content (AvgIpc) is 2.94. The highest BCUT2D eigenvalue weighted by Gasteiger charge is 2.05. The summed E-state index contributed by atoms with van der Waals surface area (Å²) in [6.07, 6.45) is 3.80. The first-order chi connectivity index (χ1) is 10.3. The highest BCUT2D eigenvalue weighted by Crippen LogP contribution is 2.26. The molecule has 21 heavy (non-hydrogen) atoms. The van der Waals surface area contributed by atoms with E-state index in [-0.39, 0.29) is 0 Å². The fourth-order valence-electron chi connectivity index (χ4n) is 2.05. The van der Waals surface area contributed by atoms with E-state index in [4.69, 9.17) is 9.47 Å². The van der Waals surface area contributed by atoms with Gasteiger partial charge in [0.15, 0.2) is 11.5 Å². The first-order valence-corrected chi connectivity index (χ1v) is 7.40. The molecule has 0 bridgehead atoms. The minimum Gasteiger partial charge on any atom is -0.490 e. The molecule has 0 saturated carbocycles. The molecule has 0 aliphatic carbocycles. The van der Waals surface area contributed by atoms with E-state index in [0.29, 0.717) is 13.2 Å². The number of imidazole rings is 1. The molecule has 2 rings (SSSR count). The lowest BCUT2D eigenvalue weighted by atomic mass is 10.3. The van der Waals surface area contributed by atoms with Crippen molar-refractivity contribution < 1.29 is 9.47 Å². The number of para-hydroxylation sites is 2. The molecule has 1 heterocycles. The number of nitrogens with one attached hydrogen (secondary N) is 1. The van der Waals surface area contributed by atoms with Crippen molar-refractivity contribution >= 4 is 0 Å². The third-order valence-corrected chi connectivity index (χ3v) is 3.07. The summed E-state index contributed by atoms with van der Waals surface area (Å²) in [6, 6.07) is 7.75. The van der Waals surface area contributed by atoms with Crippen LogP contribution in [-0.4, -0.2) is 29.3 Å². The lowest BCUT2D eigenvalue weighted by molar-refractivity contribution is 0.265. The summed E-state index contributed by atoms with van der Waals surface area (Å²) in [5.74, 6) is 2.60. The predicted molar refractivity (Wildman–Crippen MR) is 82.7 cm³/mol. The van der Waals surface area contributed by atoms with E-state index in [0.717, 1.165) is 37.0 Å². The van der Waals surface area contributed by atoms with E-state index < -0.39 is 0 Å². The lowest BCUT2D eigenvalue weighted by Gasteiger charge is -2.13. The van der Waals surface area contributed by atoms with Crippen molar-refractivity contribution in [3.63, 3.8) is 0 Å². The largest absolute Gasteiger partial charge is 0.490 e. The molecule has 0 radical (unpaired) electrons. The predicted octanol–water partition coefficient (Wildman–Crippen LogP) is 2.47. The normalized spacial score (nSPS) is 10.6. The molecule has 0 aliphatic heterocycles. The third-order valence-electron chi connectivity index (χ3n) is 3.07. The van der Waals surface area contributed by atoms with Gasteiger partial charge in [-0.15, -0.1) is 0 Å². The summed E-state index contributed by atoms with van der Waals surface area (Å²) >= 11 is 0. The van der Waals surface area contributed by atoms with Crippen LogP contribution < -0.4 is 14.8 Å². The molecule has 0 atom stereocenters. The molecule has 0 amide bonds. The Kier molecular flexibility index (Phi) is 6.09. The summed E-state index contributed by atoms with van der Waals surface area (Å²) in [4.78, 5) is 4.35. The lowest BCUT2D eigenvalue weighted by Crippen LogP contribution is -2.18. The molecule has 1 aromatic carbocycles. The Balaban J connectivity index is 1.88. The SMILES string of the molecule is CCNCc1nccn1CCOc1ccccc1OCC. The van der Waals surface area contributed by atoms with E-state index in [1.165, 1.54) is 0 Å². The van der Waals surface area contributed by atoms with Gasteiger partial charge in [-0.1, -0.05) is 19.1 Å². The standard InChI is InChI=1S/C16H23N3O2/c1-3-17-13-16-18-9-10-19(16)11-12-21-15-8-6-5-7-14(15)20-4-2/h5-10,17H,3-4,11-13H2,1-2H3. The number of rotatable bonds is 9. The van der Waals surface area contributed by atoms with Crippen LogP contribution in [0.5, 0.6) is 11.5 Å². The fourth-order valence-corrected chi connectivity index (χ4v) is 2.05. The van der Waals surface area contributed by atoms with Crippen LogP contribution in [0.4, 0.5) is 0 Å². The summed E-state index contributed by atoms with van der Waals surface area (Å²) in [5, 5.41) is 3.28. The molecular formula is C16H23N3O2. The van der Waals surface area contributed by atoms with Crippen molar-refractivity contribution in [1.82, 2.24) is 14.9 Å². The second-order valence-electron chi connectivity index (χ2n) is 4.55. The summed E-state index contributed by atoms with van der Waals surface area (Å²) in [6.45, 7) is 7.75. The van der Waals surface area contributed by atoms with Gasteiger partial charge in [0.2, 0.25) is 0 Å². The van der Waals surface area contributed by atoms with Gasteiger partial charge in [-0.3, -0.25) is 0 Å². The van der Waals surface area contributed by atoms with Gasteiger partial charge < -0.3 is 19.4 Å². The first kappa shape index (κ1) is 15.4. The molecule has 0 unspecified atom stereocenters. The van der Waals surface area contributed by atoms with Crippen LogP contribution in [0.15, 0.2) is 36.7 Å². The number of ether oxygens (including phenoxy) is 2. The van der Waals surface area contributed by atoms with E-state index in [9.17, 15) is 0 Å². The summed E-state index contributed by atoms with van der Waals surface area (Å²) < 4.78 is 13.5. The number of nitrogens with zero attached hydrogens (tertiary/aromatic N) is 2.